The number of aromatic nitrogens is 8. The molecule has 0 bridgehead atoms. The predicted molar refractivity (Wildman–Crippen MR) is 162 cm³/mol. The monoisotopic (exact) mass is 584 g/mol. The average molecular weight is 585 g/mol. The Labute approximate surface area is 244 Å². The molecule has 0 radical (unpaired) electrons. The molecular weight excluding hydrogens is 557 g/mol. The zero-order chi connectivity index (χ0) is 28.2. The topological polar surface area (TPSA) is 106 Å². The average Bonchev–Trinajstić information content (AvgIpc) is 3.62. The predicted octanol–water partition coefficient (Wildman–Crippen LogP) is 4.89. The number of aryl methyl sites for hydroxylation is 2. The van der Waals surface area contributed by atoms with Crippen LogP contribution >= 0.6 is 23.5 Å². The maximum absolute atomic E-state index is 13.4. The van der Waals surface area contributed by atoms with Crippen molar-refractivity contribution >= 4 is 45.6 Å². The van der Waals surface area contributed by atoms with Crippen LogP contribution in [0.1, 0.15) is 17.5 Å². The van der Waals surface area contributed by atoms with Gasteiger partial charge in [0.1, 0.15) is 17.4 Å². The summed E-state index contributed by atoms with van der Waals surface area (Å²) in [4.78, 5) is 27.5. The molecule has 0 aliphatic carbocycles. The van der Waals surface area contributed by atoms with Crippen LogP contribution in [0.4, 0.5) is 0 Å². The number of fused-ring (bicyclic) bond motifs is 2. The van der Waals surface area contributed by atoms with Gasteiger partial charge in [-0.3, -0.25) is 9.36 Å². The maximum Gasteiger partial charge on any atom is 0.265 e. The van der Waals surface area contributed by atoms with Crippen LogP contribution in [-0.4, -0.2) is 51.6 Å². The number of benzene rings is 2. The molecule has 6 aromatic rings. The molecule has 0 amide bonds. The van der Waals surface area contributed by atoms with Crippen molar-refractivity contribution in [3.8, 4) is 5.88 Å². The van der Waals surface area contributed by atoms with Gasteiger partial charge in [-0.15, -0.1) is 0 Å². The normalized spacial score (nSPS) is 11.5. The molecule has 0 spiro atoms. The van der Waals surface area contributed by atoms with Gasteiger partial charge in [-0.1, -0.05) is 84.2 Å². The van der Waals surface area contributed by atoms with Crippen LogP contribution in [0.3, 0.4) is 0 Å². The van der Waals surface area contributed by atoms with E-state index >= 15 is 0 Å². The van der Waals surface area contributed by atoms with Gasteiger partial charge in [-0.25, -0.2) is 19.3 Å². The molecule has 10 nitrogen and oxygen atoms in total. The quantitative estimate of drug-likeness (QED) is 0.155. The molecule has 6 rings (SSSR count). The van der Waals surface area contributed by atoms with E-state index in [9.17, 15) is 4.79 Å². The molecule has 4 aromatic heterocycles. The molecule has 4 heterocycles. The number of nitrogens with zero attached hydrogens (tertiary/aromatic N) is 8. The van der Waals surface area contributed by atoms with Crippen molar-refractivity contribution in [1.82, 2.24) is 39.1 Å². The van der Waals surface area contributed by atoms with Gasteiger partial charge in [0.05, 0.1) is 18.9 Å². The van der Waals surface area contributed by atoms with Crippen molar-refractivity contribution < 1.29 is 4.74 Å². The summed E-state index contributed by atoms with van der Waals surface area (Å²) in [5.74, 6) is 0.521. The molecule has 0 saturated heterocycles. The second-order valence-corrected chi connectivity index (χ2v) is 10.9. The Morgan fingerprint density at radius 2 is 1.39 bits per heavy atom. The standard InChI is InChI=1S/C29H28N8O2S2/c1-40-28-32-24-22(26(34-28)39-19-21-12-7-4-8-13-21)16-30-36(24)14-9-15-37-25-23(17-31-37)27(38)35(29(33-25)41-2)18-20-10-5-3-6-11-20/h3-8,10-13,16-17H,9,14-15,18-19H2,1-2H3. The van der Waals surface area contributed by atoms with Crippen LogP contribution in [0.25, 0.3) is 22.1 Å². The highest BCUT2D eigenvalue weighted by molar-refractivity contribution is 7.98. The fourth-order valence-electron chi connectivity index (χ4n) is 4.63. The Kier molecular flexibility index (Phi) is 8.01. The molecule has 0 atom stereocenters. The van der Waals surface area contributed by atoms with Gasteiger partial charge in [-0.05, 0) is 30.1 Å². The summed E-state index contributed by atoms with van der Waals surface area (Å²) in [5, 5.41) is 11.7. The van der Waals surface area contributed by atoms with Crippen LogP contribution in [-0.2, 0) is 26.2 Å². The molecule has 2 aromatic carbocycles. The third kappa shape index (κ3) is 5.70. The van der Waals surface area contributed by atoms with Crippen molar-refractivity contribution in [3.63, 3.8) is 0 Å². The minimum atomic E-state index is -0.0862. The fraction of sp³-hybridized carbons (Fsp3) is 0.241. The lowest BCUT2D eigenvalue weighted by Gasteiger charge is -2.11. The molecule has 0 fully saturated rings. The summed E-state index contributed by atoms with van der Waals surface area (Å²) >= 11 is 2.92. The minimum Gasteiger partial charge on any atom is -0.472 e. The SMILES string of the molecule is CSc1nc(OCc2ccccc2)c2cnn(CCCn3ncc4c(=O)n(Cc5ccccc5)c(SC)nc43)c2n1. The Morgan fingerprint density at radius 3 is 2.05 bits per heavy atom. The third-order valence-electron chi connectivity index (χ3n) is 6.67. The van der Waals surface area contributed by atoms with E-state index in [0.717, 1.165) is 28.6 Å². The molecule has 12 heteroatoms. The Hall–Kier alpha value is -4.16. The van der Waals surface area contributed by atoms with E-state index in [1.165, 1.54) is 23.5 Å². The number of hydrogen-bond donors (Lipinski definition) is 0. The molecular formula is C29H28N8O2S2. The lowest BCUT2D eigenvalue weighted by molar-refractivity contribution is 0.295. The van der Waals surface area contributed by atoms with E-state index in [-0.39, 0.29) is 5.56 Å². The van der Waals surface area contributed by atoms with E-state index in [2.05, 4.69) is 15.2 Å². The van der Waals surface area contributed by atoms with Crippen molar-refractivity contribution in [3.05, 3.63) is 94.5 Å². The van der Waals surface area contributed by atoms with Gasteiger partial charge in [0.25, 0.3) is 5.56 Å². The van der Waals surface area contributed by atoms with E-state index in [4.69, 9.17) is 14.7 Å². The number of thioether (sulfide) groups is 2. The first-order valence-corrected chi connectivity index (χ1v) is 15.6. The van der Waals surface area contributed by atoms with Gasteiger partial charge in [0.15, 0.2) is 21.6 Å². The molecule has 0 aliphatic heterocycles. The van der Waals surface area contributed by atoms with Crippen LogP contribution in [0.15, 0.2) is 88.2 Å². The van der Waals surface area contributed by atoms with E-state index in [0.29, 0.717) is 53.5 Å². The highest BCUT2D eigenvalue weighted by Crippen LogP contribution is 2.26. The number of rotatable bonds is 11. The summed E-state index contributed by atoms with van der Waals surface area (Å²) in [5.41, 5.74) is 3.35. The zero-order valence-corrected chi connectivity index (χ0v) is 24.3. The summed E-state index contributed by atoms with van der Waals surface area (Å²) in [6, 6.07) is 19.9. The van der Waals surface area contributed by atoms with Crippen LogP contribution in [0.2, 0.25) is 0 Å². The molecule has 0 saturated carbocycles. The summed E-state index contributed by atoms with van der Waals surface area (Å²) in [6.45, 7) is 2.06. The summed E-state index contributed by atoms with van der Waals surface area (Å²) in [6.07, 6.45) is 7.96. The molecule has 208 valence electrons. The smallest absolute Gasteiger partial charge is 0.265 e. The highest BCUT2D eigenvalue weighted by Gasteiger charge is 2.17. The van der Waals surface area contributed by atoms with Gasteiger partial charge in [0, 0.05) is 13.1 Å². The van der Waals surface area contributed by atoms with Crippen LogP contribution in [0, 0.1) is 0 Å². The van der Waals surface area contributed by atoms with E-state index in [1.807, 2.05) is 77.9 Å². The lowest BCUT2D eigenvalue weighted by atomic mass is 10.2. The Balaban J connectivity index is 1.20. The molecule has 41 heavy (non-hydrogen) atoms. The highest BCUT2D eigenvalue weighted by atomic mass is 32.2. The van der Waals surface area contributed by atoms with Gasteiger partial charge < -0.3 is 4.74 Å². The van der Waals surface area contributed by atoms with E-state index in [1.54, 1.807) is 21.6 Å². The molecule has 0 N–H and O–H groups in total. The van der Waals surface area contributed by atoms with Crippen molar-refractivity contribution in [2.45, 2.75) is 43.0 Å². The second kappa shape index (κ2) is 12.1. The van der Waals surface area contributed by atoms with Crippen molar-refractivity contribution in [1.29, 1.82) is 0 Å². The summed E-state index contributed by atoms with van der Waals surface area (Å²) in [7, 11) is 0. The minimum absolute atomic E-state index is 0.0862. The number of ether oxygens (including phenoxy) is 1. The van der Waals surface area contributed by atoms with Gasteiger partial charge in [-0.2, -0.15) is 15.2 Å². The maximum atomic E-state index is 13.4. The molecule has 0 unspecified atom stereocenters. The first kappa shape index (κ1) is 27.0. The molecule has 0 aliphatic rings. The van der Waals surface area contributed by atoms with Gasteiger partial charge in [0.2, 0.25) is 5.88 Å². The van der Waals surface area contributed by atoms with Crippen LogP contribution < -0.4 is 10.3 Å². The summed E-state index contributed by atoms with van der Waals surface area (Å²) < 4.78 is 11.5. The van der Waals surface area contributed by atoms with Crippen molar-refractivity contribution in [2.75, 3.05) is 12.5 Å². The number of hydrogen-bond acceptors (Lipinski definition) is 9. The van der Waals surface area contributed by atoms with Gasteiger partial charge >= 0.3 is 0 Å². The Morgan fingerprint density at radius 1 is 0.756 bits per heavy atom. The second-order valence-electron chi connectivity index (χ2n) is 9.33. The Bertz CT molecular complexity index is 1850. The zero-order valence-electron chi connectivity index (χ0n) is 22.7. The first-order valence-electron chi connectivity index (χ1n) is 13.1. The fourth-order valence-corrected chi connectivity index (χ4v) is 5.52. The lowest BCUT2D eigenvalue weighted by Crippen LogP contribution is -2.24. The van der Waals surface area contributed by atoms with Crippen LogP contribution in [0.5, 0.6) is 5.88 Å². The van der Waals surface area contributed by atoms with E-state index < -0.39 is 0 Å². The third-order valence-corrected chi connectivity index (χ3v) is 7.89. The van der Waals surface area contributed by atoms with Crippen molar-refractivity contribution in [2.24, 2.45) is 0 Å². The first-order chi connectivity index (χ1) is 20.1. The largest absolute Gasteiger partial charge is 0.472 e.